The number of likely N-dealkylation sites (N-methyl/N-ethyl adjacent to an activating group) is 1. The molecule has 2 aromatic rings. The van der Waals surface area contributed by atoms with E-state index in [2.05, 4.69) is 5.32 Å². The summed E-state index contributed by atoms with van der Waals surface area (Å²) >= 11 is 0. The summed E-state index contributed by atoms with van der Waals surface area (Å²) in [5.74, 6) is 0.171. The number of hydrogen-bond acceptors (Lipinski definition) is 3. The standard InChI is InChI=1S/C18H19FN2O2/c1-21-15(12-23-17-9-14(19)7-8-16(17)21)10-18(22)20-11-13-5-3-2-4-6-13/h2-9,15H,10-12H2,1H3,(H,20,22)/t15-/m0/s1. The number of anilines is 1. The van der Waals surface area contributed by atoms with Crippen molar-refractivity contribution >= 4 is 11.6 Å². The first-order chi connectivity index (χ1) is 11.1. The van der Waals surface area contributed by atoms with Gasteiger partial charge in [0.1, 0.15) is 18.2 Å². The maximum atomic E-state index is 13.2. The summed E-state index contributed by atoms with van der Waals surface area (Å²) in [6.07, 6.45) is 0.333. The van der Waals surface area contributed by atoms with Crippen LogP contribution in [-0.2, 0) is 11.3 Å². The highest BCUT2D eigenvalue weighted by atomic mass is 19.1. The number of rotatable bonds is 4. The molecule has 1 aliphatic heterocycles. The van der Waals surface area contributed by atoms with E-state index in [0.717, 1.165) is 11.3 Å². The van der Waals surface area contributed by atoms with Crippen molar-refractivity contribution in [1.29, 1.82) is 0 Å². The first-order valence-electron chi connectivity index (χ1n) is 7.59. The Morgan fingerprint density at radius 2 is 2.09 bits per heavy atom. The van der Waals surface area contributed by atoms with Gasteiger partial charge in [-0.25, -0.2) is 4.39 Å². The SMILES string of the molecule is CN1c2ccc(F)cc2OC[C@@H]1CC(=O)NCc1ccccc1. The highest BCUT2D eigenvalue weighted by Gasteiger charge is 2.26. The predicted molar refractivity (Wildman–Crippen MR) is 87.0 cm³/mol. The first kappa shape index (κ1) is 15.3. The number of nitrogens with zero attached hydrogens (tertiary/aromatic N) is 1. The number of carbonyl (C=O) groups excluding carboxylic acids is 1. The number of hydrogen-bond donors (Lipinski definition) is 1. The summed E-state index contributed by atoms with van der Waals surface area (Å²) in [4.78, 5) is 14.1. The topological polar surface area (TPSA) is 41.6 Å². The maximum Gasteiger partial charge on any atom is 0.222 e. The smallest absolute Gasteiger partial charge is 0.222 e. The van der Waals surface area contributed by atoms with Gasteiger partial charge in [0.25, 0.3) is 0 Å². The minimum Gasteiger partial charge on any atom is -0.489 e. The van der Waals surface area contributed by atoms with E-state index in [0.29, 0.717) is 25.3 Å². The van der Waals surface area contributed by atoms with Crippen molar-refractivity contribution in [3.63, 3.8) is 0 Å². The van der Waals surface area contributed by atoms with E-state index in [1.54, 1.807) is 6.07 Å². The zero-order valence-electron chi connectivity index (χ0n) is 13.0. The summed E-state index contributed by atoms with van der Waals surface area (Å²) in [7, 11) is 1.90. The Kier molecular flexibility index (Phi) is 4.46. The molecule has 120 valence electrons. The Hall–Kier alpha value is -2.56. The van der Waals surface area contributed by atoms with Crippen LogP contribution in [0.25, 0.3) is 0 Å². The molecule has 1 N–H and O–H groups in total. The van der Waals surface area contributed by atoms with Gasteiger partial charge in [-0.1, -0.05) is 30.3 Å². The summed E-state index contributed by atoms with van der Waals surface area (Å²) in [5, 5.41) is 2.92. The number of ether oxygens (including phenoxy) is 1. The molecule has 1 amide bonds. The second-order valence-corrected chi connectivity index (χ2v) is 5.65. The summed E-state index contributed by atoms with van der Waals surface area (Å²) < 4.78 is 18.8. The Balaban J connectivity index is 1.58. The van der Waals surface area contributed by atoms with E-state index in [1.165, 1.54) is 12.1 Å². The molecule has 3 rings (SSSR count). The molecule has 5 heteroatoms. The zero-order valence-corrected chi connectivity index (χ0v) is 13.0. The van der Waals surface area contributed by atoms with Crippen LogP contribution in [0.3, 0.4) is 0 Å². The molecule has 1 heterocycles. The first-order valence-corrected chi connectivity index (χ1v) is 7.59. The molecular weight excluding hydrogens is 295 g/mol. The fraction of sp³-hybridized carbons (Fsp3) is 0.278. The second-order valence-electron chi connectivity index (χ2n) is 5.65. The normalized spacial score (nSPS) is 16.4. The van der Waals surface area contributed by atoms with Crippen LogP contribution >= 0.6 is 0 Å². The van der Waals surface area contributed by atoms with Crippen LogP contribution in [0.4, 0.5) is 10.1 Å². The molecule has 0 radical (unpaired) electrons. The Morgan fingerprint density at radius 3 is 2.87 bits per heavy atom. The van der Waals surface area contributed by atoms with Crippen molar-refractivity contribution in [2.45, 2.75) is 19.0 Å². The number of nitrogens with one attached hydrogen (secondary N) is 1. The van der Waals surface area contributed by atoms with Crippen LogP contribution in [0.15, 0.2) is 48.5 Å². The van der Waals surface area contributed by atoms with E-state index in [1.807, 2.05) is 42.3 Å². The fourth-order valence-electron chi connectivity index (χ4n) is 2.67. The molecule has 0 fully saturated rings. The van der Waals surface area contributed by atoms with E-state index in [9.17, 15) is 9.18 Å². The number of halogens is 1. The number of carbonyl (C=O) groups is 1. The van der Waals surface area contributed by atoms with Gasteiger partial charge in [0.2, 0.25) is 5.91 Å². The van der Waals surface area contributed by atoms with E-state index < -0.39 is 0 Å². The van der Waals surface area contributed by atoms with Gasteiger partial charge < -0.3 is 15.0 Å². The minimum absolute atomic E-state index is 0.0279. The summed E-state index contributed by atoms with van der Waals surface area (Å²) in [6, 6.07) is 14.2. The van der Waals surface area contributed by atoms with Gasteiger partial charge in [-0.15, -0.1) is 0 Å². The molecule has 23 heavy (non-hydrogen) atoms. The van der Waals surface area contributed by atoms with Crippen molar-refractivity contribution in [3.8, 4) is 5.75 Å². The van der Waals surface area contributed by atoms with Crippen LogP contribution < -0.4 is 15.0 Å². The van der Waals surface area contributed by atoms with Crippen molar-refractivity contribution in [2.75, 3.05) is 18.6 Å². The summed E-state index contributed by atoms with van der Waals surface area (Å²) in [5.41, 5.74) is 1.87. The Morgan fingerprint density at radius 1 is 1.30 bits per heavy atom. The van der Waals surface area contributed by atoms with Crippen molar-refractivity contribution in [3.05, 3.63) is 59.9 Å². The van der Waals surface area contributed by atoms with Gasteiger partial charge in [-0.05, 0) is 17.7 Å². The Labute approximate surface area is 134 Å². The third-order valence-corrected chi connectivity index (χ3v) is 4.03. The highest BCUT2D eigenvalue weighted by molar-refractivity contribution is 5.77. The van der Waals surface area contributed by atoms with Gasteiger partial charge in [-0.2, -0.15) is 0 Å². The molecule has 0 aromatic heterocycles. The molecule has 0 unspecified atom stereocenters. The highest BCUT2D eigenvalue weighted by Crippen LogP contribution is 2.34. The van der Waals surface area contributed by atoms with Gasteiger partial charge in [-0.3, -0.25) is 4.79 Å². The van der Waals surface area contributed by atoms with E-state index >= 15 is 0 Å². The molecule has 1 atom stereocenters. The average molecular weight is 314 g/mol. The molecule has 1 aliphatic rings. The molecule has 0 saturated carbocycles. The largest absolute Gasteiger partial charge is 0.489 e. The fourth-order valence-corrected chi connectivity index (χ4v) is 2.67. The van der Waals surface area contributed by atoms with Crippen LogP contribution in [0.2, 0.25) is 0 Å². The molecule has 0 aliphatic carbocycles. The van der Waals surface area contributed by atoms with Gasteiger partial charge in [0, 0.05) is 19.7 Å². The van der Waals surface area contributed by atoms with Crippen LogP contribution in [0.5, 0.6) is 5.75 Å². The van der Waals surface area contributed by atoms with Crippen molar-refractivity contribution in [1.82, 2.24) is 5.32 Å². The molecule has 0 spiro atoms. The minimum atomic E-state index is -0.323. The second kappa shape index (κ2) is 6.69. The number of benzene rings is 2. The lowest BCUT2D eigenvalue weighted by molar-refractivity contribution is -0.121. The van der Waals surface area contributed by atoms with Gasteiger partial charge in [0.15, 0.2) is 0 Å². The average Bonchev–Trinajstić information content (AvgIpc) is 2.56. The number of amides is 1. The molecule has 0 saturated heterocycles. The van der Waals surface area contributed by atoms with Crippen molar-refractivity contribution in [2.24, 2.45) is 0 Å². The zero-order chi connectivity index (χ0) is 16.2. The lowest BCUT2D eigenvalue weighted by Crippen LogP contribution is -2.43. The molecular formula is C18H19FN2O2. The third kappa shape index (κ3) is 3.62. The van der Waals surface area contributed by atoms with Crippen LogP contribution in [0, 0.1) is 5.82 Å². The quantitative estimate of drug-likeness (QED) is 0.943. The summed E-state index contributed by atoms with van der Waals surface area (Å²) in [6.45, 7) is 0.879. The lowest BCUT2D eigenvalue weighted by atomic mass is 10.1. The molecule has 4 nitrogen and oxygen atoms in total. The number of fused-ring (bicyclic) bond motifs is 1. The molecule has 2 aromatic carbocycles. The van der Waals surface area contributed by atoms with Crippen LogP contribution in [0.1, 0.15) is 12.0 Å². The lowest BCUT2D eigenvalue weighted by Gasteiger charge is -2.35. The predicted octanol–water partition coefficient (Wildman–Crippen LogP) is 2.73. The van der Waals surface area contributed by atoms with E-state index in [-0.39, 0.29) is 17.8 Å². The van der Waals surface area contributed by atoms with E-state index in [4.69, 9.17) is 4.74 Å². The maximum absolute atomic E-state index is 13.2. The monoisotopic (exact) mass is 314 g/mol. The van der Waals surface area contributed by atoms with Gasteiger partial charge in [0.05, 0.1) is 18.2 Å². The van der Waals surface area contributed by atoms with Gasteiger partial charge >= 0.3 is 0 Å². The van der Waals surface area contributed by atoms with Crippen molar-refractivity contribution < 1.29 is 13.9 Å². The Bertz CT molecular complexity index is 691. The third-order valence-electron chi connectivity index (χ3n) is 4.03. The molecule has 0 bridgehead atoms. The van der Waals surface area contributed by atoms with Crippen LogP contribution in [-0.4, -0.2) is 25.6 Å².